The Balaban J connectivity index is 1.48. The molecule has 1 aliphatic rings. The van der Waals surface area contributed by atoms with Crippen molar-refractivity contribution in [2.45, 2.75) is 37.8 Å². The largest absolute Gasteiger partial charge is 0.417 e. The molecule has 0 bridgehead atoms. The Morgan fingerprint density at radius 3 is 2.41 bits per heavy atom. The first-order valence-corrected chi connectivity index (χ1v) is 12.2. The SMILES string of the molecule is O=C1CCC(c2cc(NC(=O)c3ccc(C(F)(F)F)c(-c4ccn(CC(F)(F)F)n4)c3)n(-c3ccccc3)n2)NN1. The van der Waals surface area contributed by atoms with Gasteiger partial charge in [0.2, 0.25) is 5.91 Å². The van der Waals surface area contributed by atoms with E-state index in [4.69, 9.17) is 0 Å². The number of anilines is 1. The molecule has 5 rings (SSSR count). The van der Waals surface area contributed by atoms with Crippen molar-refractivity contribution < 1.29 is 35.9 Å². The van der Waals surface area contributed by atoms with Gasteiger partial charge in [-0.15, -0.1) is 0 Å². The predicted molar refractivity (Wildman–Crippen MR) is 133 cm³/mol. The molecule has 214 valence electrons. The third-order valence-corrected chi connectivity index (χ3v) is 6.22. The molecule has 1 atom stereocenters. The summed E-state index contributed by atoms with van der Waals surface area (Å²) in [4.78, 5) is 24.8. The fourth-order valence-electron chi connectivity index (χ4n) is 4.33. The molecule has 3 heterocycles. The fraction of sp³-hybridized carbons (Fsp3) is 0.231. The zero-order valence-corrected chi connectivity index (χ0v) is 20.9. The van der Waals surface area contributed by atoms with E-state index < -0.39 is 35.9 Å². The maximum atomic E-state index is 13.8. The van der Waals surface area contributed by atoms with Crippen LogP contribution in [0.4, 0.5) is 32.2 Å². The Morgan fingerprint density at radius 1 is 1.00 bits per heavy atom. The van der Waals surface area contributed by atoms with E-state index >= 15 is 0 Å². The van der Waals surface area contributed by atoms with E-state index in [-0.39, 0.29) is 35.4 Å². The van der Waals surface area contributed by atoms with E-state index in [1.165, 1.54) is 4.68 Å². The van der Waals surface area contributed by atoms with Gasteiger partial charge in [-0.25, -0.2) is 10.1 Å². The second kappa shape index (κ2) is 10.7. The number of para-hydroxylation sites is 1. The van der Waals surface area contributed by atoms with Crippen molar-refractivity contribution in [1.82, 2.24) is 30.4 Å². The quantitative estimate of drug-likeness (QED) is 0.279. The standard InChI is InChI=1S/C26H21F6N7O2/c27-25(28,29)14-38-11-10-19(36-38)17-12-15(6-7-18(17)26(30,31)32)24(41)33-22-13-21(20-8-9-23(40)35-34-20)37-39(22)16-4-2-1-3-5-16/h1-7,10-13,20,34H,8-9,14H2,(H,33,41)(H,35,40). The highest BCUT2D eigenvalue weighted by Crippen LogP contribution is 2.37. The highest BCUT2D eigenvalue weighted by atomic mass is 19.4. The molecule has 0 spiro atoms. The maximum absolute atomic E-state index is 13.8. The maximum Gasteiger partial charge on any atom is 0.417 e. The molecule has 0 aliphatic carbocycles. The normalized spacial score (nSPS) is 16.0. The summed E-state index contributed by atoms with van der Waals surface area (Å²) in [6.07, 6.45) is -7.88. The van der Waals surface area contributed by atoms with Crippen LogP contribution < -0.4 is 16.2 Å². The van der Waals surface area contributed by atoms with Gasteiger partial charge in [-0.05, 0) is 42.8 Å². The van der Waals surface area contributed by atoms with Crippen LogP contribution in [0.2, 0.25) is 0 Å². The summed E-state index contributed by atoms with van der Waals surface area (Å²) < 4.78 is 81.6. The zero-order chi connectivity index (χ0) is 29.4. The molecule has 3 N–H and O–H groups in total. The first-order valence-electron chi connectivity index (χ1n) is 12.2. The lowest BCUT2D eigenvalue weighted by Crippen LogP contribution is -2.44. The van der Waals surface area contributed by atoms with Crippen molar-refractivity contribution in [2.75, 3.05) is 5.32 Å². The molecule has 15 heteroatoms. The number of benzene rings is 2. The summed E-state index contributed by atoms with van der Waals surface area (Å²) in [5.74, 6) is -0.771. The van der Waals surface area contributed by atoms with Gasteiger partial charge in [-0.2, -0.15) is 36.5 Å². The van der Waals surface area contributed by atoms with E-state index in [0.717, 1.165) is 24.4 Å². The lowest BCUT2D eigenvalue weighted by Gasteiger charge is -2.21. The lowest BCUT2D eigenvalue weighted by molar-refractivity contribution is -0.142. The molecule has 41 heavy (non-hydrogen) atoms. The molecule has 2 amide bonds. The van der Waals surface area contributed by atoms with E-state index in [9.17, 15) is 35.9 Å². The number of amides is 2. The number of carbonyl (C=O) groups is 2. The molecule has 1 aliphatic heterocycles. The van der Waals surface area contributed by atoms with Gasteiger partial charge >= 0.3 is 12.4 Å². The van der Waals surface area contributed by atoms with Crippen LogP contribution in [0.3, 0.4) is 0 Å². The van der Waals surface area contributed by atoms with Crippen LogP contribution in [0.15, 0.2) is 66.9 Å². The molecule has 0 radical (unpaired) electrons. The smallest absolute Gasteiger partial charge is 0.306 e. The van der Waals surface area contributed by atoms with Crippen molar-refractivity contribution in [2.24, 2.45) is 0 Å². The van der Waals surface area contributed by atoms with Crippen LogP contribution >= 0.6 is 0 Å². The average molecular weight is 577 g/mol. The number of aromatic nitrogens is 4. The van der Waals surface area contributed by atoms with Gasteiger partial charge in [0.25, 0.3) is 5.91 Å². The summed E-state index contributed by atoms with van der Waals surface area (Å²) >= 11 is 0. The minimum Gasteiger partial charge on any atom is -0.306 e. The minimum atomic E-state index is -4.86. The van der Waals surface area contributed by atoms with Crippen molar-refractivity contribution in [3.8, 4) is 16.9 Å². The van der Waals surface area contributed by atoms with Crippen LogP contribution in [0, 0.1) is 0 Å². The molecule has 9 nitrogen and oxygen atoms in total. The van der Waals surface area contributed by atoms with Crippen molar-refractivity contribution in [3.63, 3.8) is 0 Å². The number of halogens is 6. The zero-order valence-electron chi connectivity index (χ0n) is 20.9. The van der Waals surface area contributed by atoms with Gasteiger partial charge in [0.1, 0.15) is 12.4 Å². The Kier molecular flexibility index (Phi) is 7.29. The van der Waals surface area contributed by atoms with Gasteiger partial charge in [0.05, 0.1) is 28.7 Å². The van der Waals surface area contributed by atoms with Crippen LogP contribution in [-0.2, 0) is 17.5 Å². The second-order valence-corrected chi connectivity index (χ2v) is 9.21. The van der Waals surface area contributed by atoms with E-state index in [1.807, 2.05) is 0 Å². The highest BCUT2D eigenvalue weighted by Gasteiger charge is 2.35. The molecule has 2 aromatic heterocycles. The van der Waals surface area contributed by atoms with Gasteiger partial charge in [-0.1, -0.05) is 18.2 Å². The molecular weight excluding hydrogens is 556 g/mol. The Morgan fingerprint density at radius 2 is 1.76 bits per heavy atom. The first-order chi connectivity index (χ1) is 19.4. The van der Waals surface area contributed by atoms with Gasteiger partial charge < -0.3 is 5.32 Å². The summed E-state index contributed by atoms with van der Waals surface area (Å²) in [5.41, 5.74) is 4.18. The van der Waals surface area contributed by atoms with Crippen LogP contribution in [-0.4, -0.2) is 37.6 Å². The minimum absolute atomic E-state index is 0.182. The number of carbonyl (C=O) groups excluding carboxylic acids is 2. The van der Waals surface area contributed by atoms with Crippen molar-refractivity contribution in [3.05, 3.63) is 83.7 Å². The molecule has 4 aromatic rings. The Hall–Kier alpha value is -4.66. The highest BCUT2D eigenvalue weighted by molar-refractivity contribution is 6.04. The summed E-state index contributed by atoms with van der Waals surface area (Å²) in [6, 6.07) is 13.6. The number of alkyl halides is 6. The van der Waals surface area contributed by atoms with Gasteiger partial charge in [-0.3, -0.25) is 19.7 Å². The second-order valence-electron chi connectivity index (χ2n) is 9.21. The van der Waals surface area contributed by atoms with E-state index in [2.05, 4.69) is 26.4 Å². The first kappa shape index (κ1) is 27.9. The molecule has 1 fully saturated rings. The topological polar surface area (TPSA) is 106 Å². The summed E-state index contributed by atoms with van der Waals surface area (Å²) in [7, 11) is 0. The van der Waals surface area contributed by atoms with Crippen LogP contribution in [0.1, 0.15) is 40.5 Å². The Labute approximate surface area is 228 Å². The third-order valence-electron chi connectivity index (χ3n) is 6.22. The lowest BCUT2D eigenvalue weighted by atomic mass is 10.0. The molecule has 2 aromatic carbocycles. The average Bonchev–Trinajstić information content (AvgIpc) is 3.55. The number of hydrogen-bond acceptors (Lipinski definition) is 5. The monoisotopic (exact) mass is 577 g/mol. The van der Waals surface area contributed by atoms with Crippen LogP contribution in [0.25, 0.3) is 16.9 Å². The molecule has 1 saturated heterocycles. The number of rotatable bonds is 6. The summed E-state index contributed by atoms with van der Waals surface area (Å²) in [5, 5.41) is 10.9. The van der Waals surface area contributed by atoms with Gasteiger partial charge in [0, 0.05) is 29.8 Å². The number of nitrogens with zero attached hydrogens (tertiary/aromatic N) is 4. The number of hydrazine groups is 1. The number of nitrogens with one attached hydrogen (secondary N) is 3. The molecule has 1 unspecified atom stereocenters. The molecular formula is C26H21F6N7O2. The number of hydrogen-bond donors (Lipinski definition) is 3. The summed E-state index contributed by atoms with van der Waals surface area (Å²) in [6.45, 7) is -1.49. The third kappa shape index (κ3) is 6.40. The van der Waals surface area contributed by atoms with Crippen LogP contribution in [0.5, 0.6) is 0 Å². The predicted octanol–water partition coefficient (Wildman–Crippen LogP) is 5.02. The van der Waals surface area contributed by atoms with Gasteiger partial charge in [0.15, 0.2) is 0 Å². The fourth-order valence-corrected chi connectivity index (χ4v) is 4.33. The van der Waals surface area contributed by atoms with Crippen molar-refractivity contribution >= 4 is 17.6 Å². The Bertz CT molecular complexity index is 1570. The van der Waals surface area contributed by atoms with E-state index in [1.54, 1.807) is 36.4 Å². The van der Waals surface area contributed by atoms with Crippen molar-refractivity contribution in [1.29, 1.82) is 0 Å². The molecule has 0 saturated carbocycles. The van der Waals surface area contributed by atoms with E-state index in [0.29, 0.717) is 28.6 Å².